The monoisotopic (exact) mass is 367 g/mol. The normalized spacial score (nSPS) is 28.7. The average Bonchev–Trinajstić information content (AvgIpc) is 3.17. The van der Waals surface area contributed by atoms with E-state index in [1.807, 2.05) is 13.8 Å². The summed E-state index contributed by atoms with van der Waals surface area (Å²) in [6, 6.07) is -1.30. The number of aliphatic hydroxyl groups is 3. The van der Waals surface area contributed by atoms with E-state index in [4.69, 9.17) is 16.2 Å². The molecule has 0 spiro atoms. The summed E-state index contributed by atoms with van der Waals surface area (Å²) in [6.07, 6.45) is -0.997. The highest BCUT2D eigenvalue weighted by molar-refractivity contribution is 5.81. The van der Waals surface area contributed by atoms with Gasteiger partial charge in [-0.3, -0.25) is 9.88 Å². The zero-order valence-electron chi connectivity index (χ0n) is 14.6. The molecule has 11 heteroatoms. The molecule has 11 nitrogen and oxygen atoms in total. The van der Waals surface area contributed by atoms with Crippen LogP contribution in [0.5, 0.6) is 0 Å². The number of nitrogens with zero attached hydrogens (tertiary/aromatic N) is 4. The second-order valence-electron chi connectivity index (χ2n) is 6.78. The fraction of sp³-hybridized carbons (Fsp3) is 0.667. The van der Waals surface area contributed by atoms with Gasteiger partial charge in [-0.2, -0.15) is 0 Å². The van der Waals surface area contributed by atoms with Crippen LogP contribution in [-0.4, -0.2) is 72.0 Å². The van der Waals surface area contributed by atoms with E-state index in [0.29, 0.717) is 11.2 Å². The molecule has 144 valence electrons. The van der Waals surface area contributed by atoms with Crippen molar-refractivity contribution in [1.82, 2.24) is 24.8 Å². The van der Waals surface area contributed by atoms with Gasteiger partial charge in [-0.1, -0.05) is 13.8 Å². The van der Waals surface area contributed by atoms with Crippen LogP contribution in [0, 0.1) is 5.92 Å². The van der Waals surface area contributed by atoms with E-state index in [2.05, 4.69) is 20.3 Å². The van der Waals surface area contributed by atoms with Crippen molar-refractivity contribution < 1.29 is 20.1 Å². The minimum Gasteiger partial charge on any atom is -0.394 e. The average molecular weight is 367 g/mol. The zero-order chi connectivity index (χ0) is 19.0. The van der Waals surface area contributed by atoms with Gasteiger partial charge < -0.3 is 31.5 Å². The van der Waals surface area contributed by atoms with Gasteiger partial charge in [0.15, 0.2) is 17.7 Å². The molecule has 0 saturated carbocycles. The number of hydrogen-bond acceptors (Lipinski definition) is 10. The minimum atomic E-state index is -1.08. The van der Waals surface area contributed by atoms with Crippen molar-refractivity contribution in [2.75, 3.05) is 12.3 Å². The summed E-state index contributed by atoms with van der Waals surface area (Å²) in [5.74, 6) is 0.239. The third-order valence-electron chi connectivity index (χ3n) is 4.71. The number of nitrogens with one attached hydrogen (secondary N) is 1. The zero-order valence-corrected chi connectivity index (χ0v) is 14.6. The van der Waals surface area contributed by atoms with E-state index in [1.54, 1.807) is 4.57 Å². The fourth-order valence-electron chi connectivity index (χ4n) is 3.04. The summed E-state index contributed by atoms with van der Waals surface area (Å²) in [4.78, 5) is 12.3. The van der Waals surface area contributed by atoms with Crippen LogP contribution in [0.1, 0.15) is 20.1 Å². The molecule has 1 aliphatic heterocycles. The van der Waals surface area contributed by atoms with Crippen LogP contribution in [-0.2, 0) is 4.74 Å². The van der Waals surface area contributed by atoms with Gasteiger partial charge in [0.2, 0.25) is 0 Å². The Bertz CT molecular complexity index is 755. The predicted molar refractivity (Wildman–Crippen MR) is 92.5 cm³/mol. The number of aromatic nitrogens is 4. The number of hydrogen-bond donors (Lipinski definition) is 6. The summed E-state index contributed by atoms with van der Waals surface area (Å²) >= 11 is 0. The molecule has 1 fully saturated rings. The SMILES string of the molecule is CC(C)C(N)C(O)NC1C(O)[C@@H](CO)O[C@H]1n1cnc2c(N)ncnc21. The van der Waals surface area contributed by atoms with Crippen LogP contribution in [0.2, 0.25) is 0 Å². The predicted octanol–water partition coefficient (Wildman–Crippen LogP) is -2.08. The molecule has 0 radical (unpaired) electrons. The Morgan fingerprint density at radius 1 is 1.35 bits per heavy atom. The third kappa shape index (κ3) is 3.24. The molecule has 1 aliphatic rings. The van der Waals surface area contributed by atoms with Gasteiger partial charge in [0, 0.05) is 6.04 Å². The standard InChI is InChI=1S/C15H25N7O4/c1-6(2)8(16)14(25)21-9-11(24)7(3-23)26-15(9)22-5-20-10-12(17)18-4-19-13(10)22/h4-9,11,14-15,21,23-25H,3,16H2,1-2H3,(H2,17,18,19)/t7-,8?,9?,11?,14?,15-/m1/s1. The fourth-order valence-corrected chi connectivity index (χ4v) is 3.04. The summed E-state index contributed by atoms with van der Waals surface area (Å²) in [5, 5.41) is 33.3. The lowest BCUT2D eigenvalue weighted by atomic mass is 10.0. The molecule has 8 N–H and O–H groups in total. The Morgan fingerprint density at radius 3 is 2.73 bits per heavy atom. The van der Waals surface area contributed by atoms with Crippen LogP contribution in [0.15, 0.2) is 12.7 Å². The van der Waals surface area contributed by atoms with Gasteiger partial charge in [-0.15, -0.1) is 0 Å². The smallest absolute Gasteiger partial charge is 0.167 e. The maximum atomic E-state index is 10.5. The molecular formula is C15H25N7O4. The number of anilines is 1. The third-order valence-corrected chi connectivity index (χ3v) is 4.71. The number of imidazole rings is 1. The highest BCUT2D eigenvalue weighted by Crippen LogP contribution is 2.32. The first-order valence-corrected chi connectivity index (χ1v) is 8.42. The Labute approximate surface area is 150 Å². The molecule has 26 heavy (non-hydrogen) atoms. The Balaban J connectivity index is 1.93. The first-order valence-electron chi connectivity index (χ1n) is 8.42. The molecule has 2 aromatic rings. The molecule has 0 bridgehead atoms. The first kappa shape index (κ1) is 18.9. The molecular weight excluding hydrogens is 342 g/mol. The van der Waals surface area contributed by atoms with Crippen molar-refractivity contribution in [3.05, 3.63) is 12.7 Å². The Morgan fingerprint density at radius 2 is 2.08 bits per heavy atom. The molecule has 3 heterocycles. The molecule has 0 aliphatic carbocycles. The van der Waals surface area contributed by atoms with Crippen molar-refractivity contribution in [1.29, 1.82) is 0 Å². The topological polar surface area (TPSA) is 178 Å². The number of fused-ring (bicyclic) bond motifs is 1. The number of ether oxygens (including phenoxy) is 1. The number of aliphatic hydroxyl groups excluding tert-OH is 3. The molecule has 0 amide bonds. The lowest BCUT2D eigenvalue weighted by Crippen LogP contribution is -2.55. The highest BCUT2D eigenvalue weighted by atomic mass is 16.5. The maximum Gasteiger partial charge on any atom is 0.167 e. The van der Waals surface area contributed by atoms with Crippen LogP contribution >= 0.6 is 0 Å². The van der Waals surface area contributed by atoms with E-state index in [-0.39, 0.29) is 18.3 Å². The summed E-state index contributed by atoms with van der Waals surface area (Å²) in [7, 11) is 0. The van der Waals surface area contributed by atoms with Crippen molar-refractivity contribution in [2.45, 2.75) is 50.6 Å². The second-order valence-corrected chi connectivity index (χ2v) is 6.78. The largest absolute Gasteiger partial charge is 0.394 e. The van der Waals surface area contributed by atoms with Crippen molar-refractivity contribution in [2.24, 2.45) is 11.7 Å². The van der Waals surface area contributed by atoms with Crippen LogP contribution < -0.4 is 16.8 Å². The summed E-state index contributed by atoms with van der Waals surface area (Å²) < 4.78 is 7.36. The number of nitrogen functional groups attached to an aromatic ring is 1. The van der Waals surface area contributed by atoms with Gasteiger partial charge in [0.1, 0.15) is 30.3 Å². The summed E-state index contributed by atoms with van der Waals surface area (Å²) in [6.45, 7) is 3.38. The molecule has 3 rings (SSSR count). The van der Waals surface area contributed by atoms with Gasteiger partial charge in [0.25, 0.3) is 0 Å². The number of nitrogens with two attached hydrogens (primary N) is 2. The van der Waals surface area contributed by atoms with Gasteiger partial charge in [0.05, 0.1) is 19.0 Å². The summed E-state index contributed by atoms with van der Waals surface area (Å²) in [5.41, 5.74) is 12.6. The Hall–Kier alpha value is -1.89. The maximum absolute atomic E-state index is 10.5. The molecule has 1 saturated heterocycles. The first-order chi connectivity index (χ1) is 12.3. The van der Waals surface area contributed by atoms with E-state index in [1.165, 1.54) is 12.7 Å². The van der Waals surface area contributed by atoms with Gasteiger partial charge in [-0.05, 0) is 5.92 Å². The molecule has 6 atom stereocenters. The Kier molecular flexibility index (Phi) is 5.37. The van der Waals surface area contributed by atoms with E-state index >= 15 is 0 Å². The minimum absolute atomic E-state index is 0.0191. The molecule has 4 unspecified atom stereocenters. The van der Waals surface area contributed by atoms with Crippen LogP contribution in [0.4, 0.5) is 5.82 Å². The second kappa shape index (κ2) is 7.39. The van der Waals surface area contributed by atoms with Gasteiger partial charge >= 0.3 is 0 Å². The van der Waals surface area contributed by atoms with Crippen molar-refractivity contribution >= 4 is 17.0 Å². The lowest BCUT2D eigenvalue weighted by molar-refractivity contribution is -0.0452. The van der Waals surface area contributed by atoms with E-state index < -0.39 is 36.7 Å². The van der Waals surface area contributed by atoms with Crippen molar-refractivity contribution in [3.8, 4) is 0 Å². The lowest BCUT2D eigenvalue weighted by Gasteiger charge is -2.30. The molecule has 0 aromatic carbocycles. The number of rotatable bonds is 6. The highest BCUT2D eigenvalue weighted by Gasteiger charge is 2.46. The van der Waals surface area contributed by atoms with Crippen LogP contribution in [0.25, 0.3) is 11.2 Å². The van der Waals surface area contributed by atoms with E-state index in [0.717, 1.165) is 0 Å². The van der Waals surface area contributed by atoms with Crippen LogP contribution in [0.3, 0.4) is 0 Å². The quantitative estimate of drug-likeness (QED) is 0.310. The van der Waals surface area contributed by atoms with Crippen molar-refractivity contribution in [3.63, 3.8) is 0 Å². The molecule has 2 aromatic heterocycles. The van der Waals surface area contributed by atoms with Gasteiger partial charge in [-0.25, -0.2) is 15.0 Å². The van der Waals surface area contributed by atoms with E-state index in [9.17, 15) is 15.3 Å².